The van der Waals surface area contributed by atoms with Crippen LogP contribution < -0.4 is 0 Å². The van der Waals surface area contributed by atoms with Gasteiger partial charge in [0.15, 0.2) is 0 Å². The first kappa shape index (κ1) is 13.2. The predicted molar refractivity (Wildman–Crippen MR) is 80.7 cm³/mol. The molecule has 1 aliphatic rings. The molecule has 1 fully saturated rings. The van der Waals surface area contributed by atoms with E-state index in [1.165, 1.54) is 29.7 Å². The van der Waals surface area contributed by atoms with Crippen LogP contribution in [0.2, 0.25) is 0 Å². The smallest absolute Gasteiger partial charge is 0.302 e. The third kappa shape index (κ3) is 2.55. The summed E-state index contributed by atoms with van der Waals surface area (Å²) in [6.07, 6.45) is 4.48. The number of fused-ring (bicyclic) bond motifs is 1. The van der Waals surface area contributed by atoms with Gasteiger partial charge in [0.25, 0.3) is 0 Å². The Balaban J connectivity index is 2.01. The normalized spacial score (nSPS) is 22.6. The van der Waals surface area contributed by atoms with Gasteiger partial charge in [-0.1, -0.05) is 48.9 Å². The number of rotatable bonds is 2. The highest BCUT2D eigenvalue weighted by Gasteiger charge is 2.29. The molecule has 3 rings (SSSR count). The fourth-order valence-corrected chi connectivity index (χ4v) is 3.38. The summed E-state index contributed by atoms with van der Waals surface area (Å²) < 4.78 is 5.57. The maximum absolute atomic E-state index is 11.3. The summed E-state index contributed by atoms with van der Waals surface area (Å²) >= 11 is 0. The van der Waals surface area contributed by atoms with Crippen LogP contribution in [0.1, 0.15) is 44.1 Å². The molecule has 2 heteroatoms. The van der Waals surface area contributed by atoms with Gasteiger partial charge < -0.3 is 4.74 Å². The van der Waals surface area contributed by atoms with Crippen LogP contribution in [0.4, 0.5) is 0 Å². The van der Waals surface area contributed by atoms with E-state index in [1.54, 1.807) is 0 Å². The molecule has 0 amide bonds. The van der Waals surface area contributed by atoms with Gasteiger partial charge in [-0.05, 0) is 35.6 Å². The molecule has 2 atom stereocenters. The van der Waals surface area contributed by atoms with Gasteiger partial charge in [0.2, 0.25) is 0 Å². The highest BCUT2D eigenvalue weighted by Crippen LogP contribution is 2.38. The Morgan fingerprint density at radius 2 is 1.80 bits per heavy atom. The Bertz CT molecular complexity index is 612. The molecule has 2 nitrogen and oxygen atoms in total. The maximum Gasteiger partial charge on any atom is 0.302 e. The van der Waals surface area contributed by atoms with Crippen LogP contribution >= 0.6 is 0 Å². The molecule has 0 bridgehead atoms. The van der Waals surface area contributed by atoms with Gasteiger partial charge in [0, 0.05) is 12.8 Å². The first-order chi connectivity index (χ1) is 9.75. The molecule has 0 spiro atoms. The van der Waals surface area contributed by atoms with Crippen LogP contribution in [0.3, 0.4) is 0 Å². The number of carbonyl (C=O) groups excluding carboxylic acids is 1. The Morgan fingerprint density at radius 3 is 2.65 bits per heavy atom. The van der Waals surface area contributed by atoms with Gasteiger partial charge in [0.05, 0.1) is 0 Å². The van der Waals surface area contributed by atoms with Crippen molar-refractivity contribution in [2.75, 3.05) is 0 Å². The number of hydrogen-bond donors (Lipinski definition) is 0. The summed E-state index contributed by atoms with van der Waals surface area (Å²) in [7, 11) is 0. The Labute approximate surface area is 119 Å². The van der Waals surface area contributed by atoms with Crippen molar-refractivity contribution in [2.45, 2.75) is 44.6 Å². The molecule has 2 aromatic rings. The third-order valence-corrected chi connectivity index (χ3v) is 4.24. The van der Waals surface area contributed by atoms with Crippen LogP contribution in [0.5, 0.6) is 0 Å². The number of carbonyl (C=O) groups is 1. The van der Waals surface area contributed by atoms with Crippen molar-refractivity contribution in [3.8, 4) is 0 Å². The minimum absolute atomic E-state index is 0.0343. The van der Waals surface area contributed by atoms with E-state index in [1.807, 2.05) is 0 Å². The van der Waals surface area contributed by atoms with Crippen molar-refractivity contribution >= 4 is 16.7 Å². The average Bonchev–Trinajstić information content (AvgIpc) is 2.47. The maximum atomic E-state index is 11.3. The molecule has 0 aromatic heterocycles. The molecule has 1 saturated carbocycles. The lowest BCUT2D eigenvalue weighted by atomic mass is 9.80. The predicted octanol–water partition coefficient (Wildman–Crippen LogP) is 4.43. The monoisotopic (exact) mass is 268 g/mol. The number of ether oxygens (including phenoxy) is 1. The zero-order valence-electron chi connectivity index (χ0n) is 11.8. The quantitative estimate of drug-likeness (QED) is 0.753. The first-order valence-corrected chi connectivity index (χ1v) is 7.40. The van der Waals surface area contributed by atoms with Gasteiger partial charge in [-0.3, -0.25) is 4.79 Å². The molecule has 0 aliphatic heterocycles. The van der Waals surface area contributed by atoms with E-state index >= 15 is 0 Å². The standard InChI is InChI=1S/C18H20O2/c1-13(19)20-18-12-5-4-10-17(18)16-11-6-8-14-7-2-3-9-15(14)16/h2-3,6-9,11,17-18H,4-5,10,12H2,1H3/t17-,18+/m0/s1. The van der Waals surface area contributed by atoms with E-state index in [-0.39, 0.29) is 12.1 Å². The fraction of sp³-hybridized carbons (Fsp3) is 0.389. The van der Waals surface area contributed by atoms with Crippen molar-refractivity contribution in [2.24, 2.45) is 0 Å². The van der Waals surface area contributed by atoms with E-state index in [4.69, 9.17) is 4.74 Å². The molecular weight excluding hydrogens is 248 g/mol. The lowest BCUT2D eigenvalue weighted by Gasteiger charge is -2.32. The molecule has 0 unspecified atom stereocenters. The molecule has 1 aliphatic carbocycles. The van der Waals surface area contributed by atoms with Crippen LogP contribution in [-0.4, -0.2) is 12.1 Å². The second-order valence-electron chi connectivity index (χ2n) is 5.61. The second kappa shape index (κ2) is 5.66. The van der Waals surface area contributed by atoms with Crippen LogP contribution in [-0.2, 0) is 9.53 Å². The van der Waals surface area contributed by atoms with Gasteiger partial charge in [-0.15, -0.1) is 0 Å². The molecule has 0 saturated heterocycles. The molecule has 2 aromatic carbocycles. The van der Waals surface area contributed by atoms with E-state index in [2.05, 4.69) is 42.5 Å². The van der Waals surface area contributed by atoms with E-state index in [0.29, 0.717) is 5.92 Å². The lowest BCUT2D eigenvalue weighted by Crippen LogP contribution is -2.28. The Morgan fingerprint density at radius 1 is 1.05 bits per heavy atom. The van der Waals surface area contributed by atoms with Crippen LogP contribution in [0.15, 0.2) is 42.5 Å². The highest BCUT2D eigenvalue weighted by molar-refractivity contribution is 5.86. The Hall–Kier alpha value is -1.83. The molecule has 0 heterocycles. The third-order valence-electron chi connectivity index (χ3n) is 4.24. The van der Waals surface area contributed by atoms with Crippen LogP contribution in [0, 0.1) is 0 Å². The van der Waals surface area contributed by atoms with Gasteiger partial charge in [-0.25, -0.2) is 0 Å². The second-order valence-corrected chi connectivity index (χ2v) is 5.61. The topological polar surface area (TPSA) is 26.3 Å². The van der Waals surface area contributed by atoms with Crippen molar-refractivity contribution in [1.82, 2.24) is 0 Å². The molecule has 0 radical (unpaired) electrons. The highest BCUT2D eigenvalue weighted by atomic mass is 16.5. The number of benzene rings is 2. The minimum atomic E-state index is -0.165. The minimum Gasteiger partial charge on any atom is -0.462 e. The Kier molecular flexibility index (Phi) is 3.72. The molecule has 0 N–H and O–H groups in total. The SMILES string of the molecule is CC(=O)O[C@@H]1CCCC[C@H]1c1cccc2ccccc12. The average molecular weight is 268 g/mol. The van der Waals surface area contributed by atoms with E-state index in [9.17, 15) is 4.79 Å². The number of hydrogen-bond acceptors (Lipinski definition) is 2. The van der Waals surface area contributed by atoms with Gasteiger partial charge >= 0.3 is 5.97 Å². The fourth-order valence-electron chi connectivity index (χ4n) is 3.38. The van der Waals surface area contributed by atoms with E-state index in [0.717, 1.165) is 19.3 Å². The van der Waals surface area contributed by atoms with Crippen molar-refractivity contribution in [1.29, 1.82) is 0 Å². The summed E-state index contributed by atoms with van der Waals surface area (Å²) in [6.45, 7) is 1.51. The molecule has 104 valence electrons. The van der Waals surface area contributed by atoms with Crippen molar-refractivity contribution in [3.63, 3.8) is 0 Å². The summed E-state index contributed by atoms with van der Waals surface area (Å²) in [5.74, 6) is 0.167. The summed E-state index contributed by atoms with van der Waals surface area (Å²) in [5, 5.41) is 2.55. The van der Waals surface area contributed by atoms with Gasteiger partial charge in [0.1, 0.15) is 6.10 Å². The summed E-state index contributed by atoms with van der Waals surface area (Å²) in [6, 6.07) is 14.9. The zero-order chi connectivity index (χ0) is 13.9. The van der Waals surface area contributed by atoms with Crippen molar-refractivity contribution in [3.05, 3.63) is 48.0 Å². The van der Waals surface area contributed by atoms with Gasteiger partial charge in [-0.2, -0.15) is 0 Å². The lowest BCUT2D eigenvalue weighted by molar-refractivity contribution is -0.148. The summed E-state index contributed by atoms with van der Waals surface area (Å²) in [4.78, 5) is 11.3. The first-order valence-electron chi connectivity index (χ1n) is 7.40. The largest absolute Gasteiger partial charge is 0.462 e. The number of esters is 1. The van der Waals surface area contributed by atoms with Crippen LogP contribution in [0.25, 0.3) is 10.8 Å². The van der Waals surface area contributed by atoms with Crippen molar-refractivity contribution < 1.29 is 9.53 Å². The zero-order valence-corrected chi connectivity index (χ0v) is 11.8. The summed E-state index contributed by atoms with van der Waals surface area (Å²) in [5.41, 5.74) is 1.33. The molecular formula is C18H20O2. The molecule has 20 heavy (non-hydrogen) atoms. The van der Waals surface area contributed by atoms with E-state index < -0.39 is 0 Å².